The molecule has 0 aliphatic rings. The molecule has 0 fully saturated rings. The van der Waals surface area contributed by atoms with Crippen LogP contribution < -0.4 is 5.73 Å². The molecule has 0 radical (unpaired) electrons. The molecule has 98 valence electrons. The first-order valence-electron chi connectivity index (χ1n) is 5.14. The molecule has 0 saturated heterocycles. The molecule has 2 rings (SSSR count). The normalized spacial score (nSPS) is 10.5. The van der Waals surface area contributed by atoms with Crippen molar-refractivity contribution in [1.82, 2.24) is 0 Å². The highest BCUT2D eigenvalue weighted by molar-refractivity contribution is 6.33. The summed E-state index contributed by atoms with van der Waals surface area (Å²) >= 11 is 5.69. The fraction of sp³-hybridized carbons (Fsp3) is 0. The molecule has 0 heterocycles. The topological polar surface area (TPSA) is 43.1 Å². The second kappa shape index (κ2) is 4.93. The molecule has 0 aliphatic carbocycles. The van der Waals surface area contributed by atoms with Crippen LogP contribution in [-0.4, -0.2) is 5.78 Å². The van der Waals surface area contributed by atoms with Gasteiger partial charge in [-0.25, -0.2) is 13.2 Å². The summed E-state index contributed by atoms with van der Waals surface area (Å²) in [6.07, 6.45) is 0. The lowest BCUT2D eigenvalue weighted by atomic mass is 10.0. The lowest BCUT2D eigenvalue weighted by molar-refractivity contribution is 0.103. The van der Waals surface area contributed by atoms with Gasteiger partial charge in [-0.1, -0.05) is 11.6 Å². The van der Waals surface area contributed by atoms with Crippen LogP contribution in [0.3, 0.4) is 0 Å². The molecule has 6 heteroatoms. The first kappa shape index (κ1) is 13.4. The monoisotopic (exact) mass is 285 g/mol. The molecular weight excluding hydrogens is 279 g/mol. The van der Waals surface area contributed by atoms with Gasteiger partial charge in [0.1, 0.15) is 5.82 Å². The number of rotatable bonds is 2. The summed E-state index contributed by atoms with van der Waals surface area (Å²) in [6, 6.07) is 4.76. The van der Waals surface area contributed by atoms with Crippen molar-refractivity contribution in [2.45, 2.75) is 0 Å². The van der Waals surface area contributed by atoms with Crippen LogP contribution in [0.2, 0.25) is 5.02 Å². The van der Waals surface area contributed by atoms with Crippen LogP contribution in [0, 0.1) is 17.5 Å². The Bertz CT molecular complexity index is 673. The summed E-state index contributed by atoms with van der Waals surface area (Å²) < 4.78 is 39.3. The number of ketones is 1. The van der Waals surface area contributed by atoms with E-state index in [2.05, 4.69) is 0 Å². The van der Waals surface area contributed by atoms with E-state index < -0.39 is 28.8 Å². The predicted molar refractivity (Wildman–Crippen MR) is 65.6 cm³/mol. The Morgan fingerprint density at radius 1 is 1.00 bits per heavy atom. The van der Waals surface area contributed by atoms with Gasteiger partial charge >= 0.3 is 0 Å². The van der Waals surface area contributed by atoms with Crippen molar-refractivity contribution in [3.05, 3.63) is 63.9 Å². The summed E-state index contributed by atoms with van der Waals surface area (Å²) in [6.45, 7) is 0. The van der Waals surface area contributed by atoms with Gasteiger partial charge < -0.3 is 5.73 Å². The third kappa shape index (κ3) is 2.56. The molecule has 19 heavy (non-hydrogen) atoms. The van der Waals surface area contributed by atoms with Crippen molar-refractivity contribution in [2.75, 3.05) is 5.73 Å². The zero-order valence-corrected chi connectivity index (χ0v) is 10.1. The maximum absolute atomic E-state index is 13.5. The van der Waals surface area contributed by atoms with E-state index in [1.807, 2.05) is 0 Å². The van der Waals surface area contributed by atoms with Crippen molar-refractivity contribution in [3.63, 3.8) is 0 Å². The number of benzene rings is 2. The average molecular weight is 286 g/mol. The molecule has 0 bridgehead atoms. The Morgan fingerprint density at radius 2 is 1.63 bits per heavy atom. The third-order valence-electron chi connectivity index (χ3n) is 2.51. The molecule has 0 amide bonds. The van der Waals surface area contributed by atoms with Gasteiger partial charge in [-0.3, -0.25) is 4.79 Å². The van der Waals surface area contributed by atoms with Crippen LogP contribution in [0.15, 0.2) is 30.3 Å². The van der Waals surface area contributed by atoms with Gasteiger partial charge in [0.05, 0.1) is 16.3 Å². The summed E-state index contributed by atoms with van der Waals surface area (Å²) in [5, 5.41) is 0.238. The smallest absolute Gasteiger partial charge is 0.196 e. The maximum Gasteiger partial charge on any atom is 0.196 e. The fourth-order valence-corrected chi connectivity index (χ4v) is 1.65. The van der Waals surface area contributed by atoms with E-state index in [4.69, 9.17) is 17.3 Å². The van der Waals surface area contributed by atoms with E-state index in [9.17, 15) is 18.0 Å². The van der Waals surface area contributed by atoms with E-state index in [1.165, 1.54) is 18.2 Å². The van der Waals surface area contributed by atoms with E-state index in [-0.39, 0.29) is 16.3 Å². The number of nitrogen functional groups attached to an aromatic ring is 1. The summed E-state index contributed by atoms with van der Waals surface area (Å²) in [5.74, 6) is -4.60. The van der Waals surface area contributed by atoms with Gasteiger partial charge in [0.2, 0.25) is 0 Å². The van der Waals surface area contributed by atoms with Crippen LogP contribution in [0.1, 0.15) is 15.9 Å². The minimum absolute atomic E-state index is 0.0341. The van der Waals surface area contributed by atoms with Gasteiger partial charge in [0.15, 0.2) is 17.4 Å². The Labute approximate surface area is 111 Å². The zero-order chi connectivity index (χ0) is 14.2. The number of halogens is 4. The lowest BCUT2D eigenvalue weighted by Gasteiger charge is -2.05. The molecular formula is C13H7ClF3NO. The van der Waals surface area contributed by atoms with Crippen LogP contribution in [-0.2, 0) is 0 Å². The van der Waals surface area contributed by atoms with Crippen molar-refractivity contribution < 1.29 is 18.0 Å². The average Bonchev–Trinajstić information content (AvgIpc) is 2.36. The SMILES string of the molecule is Nc1cc(C(=O)c2cc(F)c(F)cc2F)ccc1Cl. The van der Waals surface area contributed by atoms with E-state index in [0.29, 0.717) is 12.1 Å². The van der Waals surface area contributed by atoms with Gasteiger partial charge in [-0.05, 0) is 24.3 Å². The highest BCUT2D eigenvalue weighted by Gasteiger charge is 2.18. The summed E-state index contributed by atoms with van der Waals surface area (Å²) in [7, 11) is 0. The molecule has 0 spiro atoms. The number of hydrogen-bond donors (Lipinski definition) is 1. The molecule has 0 aliphatic heterocycles. The summed E-state index contributed by atoms with van der Waals surface area (Å²) in [5.41, 5.74) is 5.12. The number of nitrogens with two attached hydrogens (primary N) is 1. The molecule has 0 aromatic heterocycles. The van der Waals surface area contributed by atoms with Crippen LogP contribution in [0.25, 0.3) is 0 Å². The fourth-order valence-electron chi connectivity index (χ4n) is 1.54. The molecule has 2 aromatic carbocycles. The van der Waals surface area contributed by atoms with Crippen molar-refractivity contribution in [2.24, 2.45) is 0 Å². The van der Waals surface area contributed by atoms with Gasteiger partial charge in [-0.15, -0.1) is 0 Å². The minimum atomic E-state index is -1.36. The Hall–Kier alpha value is -2.01. The lowest BCUT2D eigenvalue weighted by Crippen LogP contribution is -2.07. The number of anilines is 1. The van der Waals surface area contributed by atoms with Crippen molar-refractivity contribution in [3.8, 4) is 0 Å². The molecule has 2 nitrogen and oxygen atoms in total. The molecule has 0 atom stereocenters. The van der Waals surface area contributed by atoms with Crippen molar-refractivity contribution >= 4 is 23.1 Å². The molecule has 2 N–H and O–H groups in total. The molecule has 0 saturated carbocycles. The van der Waals surface area contributed by atoms with E-state index >= 15 is 0 Å². The second-order valence-electron chi connectivity index (χ2n) is 3.81. The standard InChI is InChI=1S/C13H7ClF3NO/c14-8-2-1-6(3-12(8)18)13(19)7-4-10(16)11(17)5-9(7)15/h1-5H,18H2. The van der Waals surface area contributed by atoms with Crippen LogP contribution in [0.5, 0.6) is 0 Å². The van der Waals surface area contributed by atoms with Crippen LogP contribution >= 0.6 is 11.6 Å². The zero-order valence-electron chi connectivity index (χ0n) is 9.38. The highest BCUT2D eigenvalue weighted by Crippen LogP contribution is 2.23. The third-order valence-corrected chi connectivity index (χ3v) is 2.86. The first-order chi connectivity index (χ1) is 8.90. The summed E-state index contributed by atoms with van der Waals surface area (Å²) in [4.78, 5) is 12.0. The second-order valence-corrected chi connectivity index (χ2v) is 4.22. The van der Waals surface area contributed by atoms with Crippen molar-refractivity contribution in [1.29, 1.82) is 0 Å². The quantitative estimate of drug-likeness (QED) is 0.521. The van der Waals surface area contributed by atoms with Gasteiger partial charge in [0, 0.05) is 11.6 Å². The van der Waals surface area contributed by atoms with E-state index in [1.54, 1.807) is 0 Å². The Morgan fingerprint density at radius 3 is 2.26 bits per heavy atom. The molecule has 2 aromatic rings. The first-order valence-corrected chi connectivity index (χ1v) is 5.52. The molecule has 0 unspecified atom stereocenters. The largest absolute Gasteiger partial charge is 0.398 e. The van der Waals surface area contributed by atoms with Crippen LogP contribution in [0.4, 0.5) is 18.9 Å². The van der Waals surface area contributed by atoms with E-state index in [0.717, 1.165) is 0 Å². The minimum Gasteiger partial charge on any atom is -0.398 e. The highest BCUT2D eigenvalue weighted by atomic mass is 35.5. The maximum atomic E-state index is 13.5. The van der Waals surface area contributed by atoms with Gasteiger partial charge in [0.25, 0.3) is 0 Å². The number of carbonyl (C=O) groups excluding carboxylic acids is 1. The Kier molecular flexibility index (Phi) is 3.48. The van der Waals surface area contributed by atoms with Gasteiger partial charge in [-0.2, -0.15) is 0 Å². The Balaban J connectivity index is 2.49. The predicted octanol–water partition coefficient (Wildman–Crippen LogP) is 3.57. The number of carbonyl (C=O) groups is 1. The number of hydrogen-bond acceptors (Lipinski definition) is 2.